The minimum atomic E-state index is -0.0859. The summed E-state index contributed by atoms with van der Waals surface area (Å²) in [6.07, 6.45) is 3.84. The van der Waals surface area contributed by atoms with Gasteiger partial charge in [-0.1, -0.05) is 30.3 Å². The van der Waals surface area contributed by atoms with Crippen molar-refractivity contribution < 1.29 is 9.53 Å². The van der Waals surface area contributed by atoms with Crippen LogP contribution in [0.15, 0.2) is 35.9 Å². The number of carbonyl (C=O) groups excluding carboxylic acids is 1. The molecule has 3 rings (SSSR count). The second kappa shape index (κ2) is 6.41. The first-order chi connectivity index (χ1) is 10.3. The summed E-state index contributed by atoms with van der Waals surface area (Å²) < 4.78 is 5.15. The molecule has 0 saturated carbocycles. The molecule has 1 atom stereocenters. The number of nitrogens with one attached hydrogen (secondary N) is 1. The van der Waals surface area contributed by atoms with Crippen LogP contribution in [0.3, 0.4) is 0 Å². The van der Waals surface area contributed by atoms with Crippen LogP contribution in [0.2, 0.25) is 0 Å². The lowest BCUT2D eigenvalue weighted by molar-refractivity contribution is -0.133. The van der Waals surface area contributed by atoms with Crippen molar-refractivity contribution in [2.45, 2.75) is 25.4 Å². The lowest BCUT2D eigenvalue weighted by Gasteiger charge is -2.32. The summed E-state index contributed by atoms with van der Waals surface area (Å²) >= 11 is 0. The zero-order chi connectivity index (χ0) is 14.7. The van der Waals surface area contributed by atoms with Crippen LogP contribution >= 0.6 is 0 Å². The Bertz CT molecular complexity index is 553. The summed E-state index contributed by atoms with van der Waals surface area (Å²) in [7, 11) is 1.71. The molecule has 0 fully saturated rings. The summed E-state index contributed by atoms with van der Waals surface area (Å²) in [6.45, 7) is 2.97. The zero-order valence-corrected chi connectivity index (χ0v) is 12.5. The number of methoxy groups -OCH3 is 1. The molecule has 0 aliphatic carbocycles. The van der Waals surface area contributed by atoms with Crippen molar-refractivity contribution in [1.29, 1.82) is 0 Å². The van der Waals surface area contributed by atoms with Crippen molar-refractivity contribution in [3.63, 3.8) is 0 Å². The Morgan fingerprint density at radius 2 is 2.19 bits per heavy atom. The van der Waals surface area contributed by atoms with Gasteiger partial charge in [0, 0.05) is 26.7 Å². The summed E-state index contributed by atoms with van der Waals surface area (Å²) in [4.78, 5) is 14.6. The van der Waals surface area contributed by atoms with Gasteiger partial charge in [-0.2, -0.15) is 0 Å². The monoisotopic (exact) mass is 286 g/mol. The molecule has 1 N–H and O–H groups in total. The molecule has 0 spiro atoms. The topological polar surface area (TPSA) is 41.6 Å². The SMILES string of the molecule is COCC1=CCN(C(=O)[C@@H]2Cc3ccccc3CN2)CC1. The Balaban J connectivity index is 1.62. The van der Waals surface area contributed by atoms with Crippen LogP contribution < -0.4 is 5.32 Å². The number of carbonyl (C=O) groups is 1. The maximum atomic E-state index is 12.6. The van der Waals surface area contributed by atoms with E-state index in [1.165, 1.54) is 16.7 Å². The van der Waals surface area contributed by atoms with E-state index in [2.05, 4.69) is 29.6 Å². The molecule has 4 nitrogen and oxygen atoms in total. The molecule has 1 amide bonds. The molecule has 2 aliphatic rings. The molecule has 1 aromatic rings. The van der Waals surface area contributed by atoms with Gasteiger partial charge in [0.15, 0.2) is 0 Å². The van der Waals surface area contributed by atoms with Crippen molar-refractivity contribution >= 4 is 5.91 Å². The normalized spacial score (nSPS) is 21.7. The fraction of sp³-hybridized carbons (Fsp3) is 0.471. The Hall–Kier alpha value is -1.65. The van der Waals surface area contributed by atoms with Crippen molar-refractivity contribution in [3.8, 4) is 0 Å². The first kappa shape index (κ1) is 14.3. The van der Waals surface area contributed by atoms with Gasteiger partial charge in [0.1, 0.15) is 0 Å². The van der Waals surface area contributed by atoms with Gasteiger partial charge in [-0.05, 0) is 29.5 Å². The number of amides is 1. The minimum Gasteiger partial charge on any atom is -0.380 e. The Kier molecular flexibility index (Phi) is 4.36. The molecule has 112 valence electrons. The average molecular weight is 286 g/mol. The first-order valence-electron chi connectivity index (χ1n) is 7.53. The molecule has 0 bridgehead atoms. The third kappa shape index (κ3) is 3.17. The van der Waals surface area contributed by atoms with E-state index in [1.54, 1.807) is 7.11 Å². The molecule has 2 heterocycles. The average Bonchev–Trinajstić information content (AvgIpc) is 2.55. The zero-order valence-electron chi connectivity index (χ0n) is 12.5. The van der Waals surface area contributed by atoms with E-state index in [4.69, 9.17) is 4.74 Å². The Morgan fingerprint density at radius 1 is 1.38 bits per heavy atom. The van der Waals surface area contributed by atoms with E-state index in [9.17, 15) is 4.79 Å². The fourth-order valence-corrected chi connectivity index (χ4v) is 3.08. The van der Waals surface area contributed by atoms with Crippen LogP contribution in [0, 0.1) is 0 Å². The van der Waals surface area contributed by atoms with E-state index in [0.717, 1.165) is 25.9 Å². The highest BCUT2D eigenvalue weighted by Gasteiger charge is 2.28. The smallest absolute Gasteiger partial charge is 0.240 e. The van der Waals surface area contributed by atoms with Crippen LogP contribution in [-0.4, -0.2) is 43.7 Å². The largest absolute Gasteiger partial charge is 0.380 e. The van der Waals surface area contributed by atoms with Crippen LogP contribution in [0.1, 0.15) is 17.5 Å². The number of benzene rings is 1. The maximum absolute atomic E-state index is 12.6. The van der Waals surface area contributed by atoms with Crippen LogP contribution in [-0.2, 0) is 22.5 Å². The van der Waals surface area contributed by atoms with Gasteiger partial charge in [0.05, 0.1) is 12.6 Å². The van der Waals surface area contributed by atoms with E-state index < -0.39 is 0 Å². The number of hydrogen-bond acceptors (Lipinski definition) is 3. The molecule has 0 aromatic heterocycles. The van der Waals surface area contributed by atoms with Gasteiger partial charge >= 0.3 is 0 Å². The highest BCUT2D eigenvalue weighted by molar-refractivity contribution is 5.83. The molecular weight excluding hydrogens is 264 g/mol. The van der Waals surface area contributed by atoms with Gasteiger partial charge in [-0.15, -0.1) is 0 Å². The Morgan fingerprint density at radius 3 is 2.90 bits per heavy atom. The quantitative estimate of drug-likeness (QED) is 0.856. The fourth-order valence-electron chi connectivity index (χ4n) is 3.08. The van der Waals surface area contributed by atoms with Gasteiger partial charge in [0.2, 0.25) is 5.91 Å². The molecule has 0 unspecified atom stereocenters. The predicted molar refractivity (Wildman–Crippen MR) is 81.9 cm³/mol. The number of rotatable bonds is 3. The molecule has 0 saturated heterocycles. The lowest BCUT2D eigenvalue weighted by atomic mass is 9.95. The van der Waals surface area contributed by atoms with Crippen LogP contribution in [0.5, 0.6) is 0 Å². The van der Waals surface area contributed by atoms with Crippen LogP contribution in [0.4, 0.5) is 0 Å². The molecule has 4 heteroatoms. The molecule has 0 radical (unpaired) electrons. The van der Waals surface area contributed by atoms with Crippen molar-refractivity contribution in [1.82, 2.24) is 10.2 Å². The van der Waals surface area contributed by atoms with E-state index in [-0.39, 0.29) is 11.9 Å². The number of ether oxygens (including phenoxy) is 1. The van der Waals surface area contributed by atoms with Crippen LogP contribution in [0.25, 0.3) is 0 Å². The van der Waals surface area contributed by atoms with E-state index in [1.807, 2.05) is 11.0 Å². The van der Waals surface area contributed by atoms with Gasteiger partial charge in [0.25, 0.3) is 0 Å². The van der Waals surface area contributed by atoms with Crippen molar-refractivity contribution in [2.24, 2.45) is 0 Å². The molecule has 2 aliphatic heterocycles. The third-order valence-corrected chi connectivity index (χ3v) is 4.32. The Labute approximate surface area is 125 Å². The summed E-state index contributed by atoms with van der Waals surface area (Å²) in [6, 6.07) is 8.27. The van der Waals surface area contributed by atoms with Crippen molar-refractivity contribution in [3.05, 3.63) is 47.0 Å². The maximum Gasteiger partial charge on any atom is 0.240 e. The second-order valence-electron chi connectivity index (χ2n) is 5.74. The lowest BCUT2D eigenvalue weighted by Crippen LogP contribution is -2.50. The summed E-state index contributed by atoms with van der Waals surface area (Å²) in [5, 5.41) is 3.37. The van der Waals surface area contributed by atoms with E-state index in [0.29, 0.717) is 13.2 Å². The van der Waals surface area contributed by atoms with Gasteiger partial charge in [-0.3, -0.25) is 4.79 Å². The highest BCUT2D eigenvalue weighted by atomic mass is 16.5. The standard InChI is InChI=1S/C17H22N2O2/c1-21-12-13-6-8-19(9-7-13)17(20)16-10-14-4-2-3-5-15(14)11-18-16/h2-6,16,18H,7-12H2,1H3/t16-/m0/s1. The molecule has 21 heavy (non-hydrogen) atoms. The summed E-state index contributed by atoms with van der Waals surface area (Å²) in [5.41, 5.74) is 3.90. The summed E-state index contributed by atoms with van der Waals surface area (Å²) in [5.74, 6) is 0.220. The minimum absolute atomic E-state index is 0.0859. The first-order valence-corrected chi connectivity index (χ1v) is 7.53. The molecular formula is C17H22N2O2. The van der Waals surface area contributed by atoms with Crippen molar-refractivity contribution in [2.75, 3.05) is 26.8 Å². The van der Waals surface area contributed by atoms with Gasteiger partial charge in [-0.25, -0.2) is 0 Å². The predicted octanol–water partition coefficient (Wildman–Crippen LogP) is 1.51. The molecule has 1 aromatic carbocycles. The number of hydrogen-bond donors (Lipinski definition) is 1. The number of fused-ring (bicyclic) bond motifs is 1. The second-order valence-corrected chi connectivity index (χ2v) is 5.74. The van der Waals surface area contributed by atoms with E-state index >= 15 is 0 Å². The highest BCUT2D eigenvalue weighted by Crippen LogP contribution is 2.19. The third-order valence-electron chi connectivity index (χ3n) is 4.32. The van der Waals surface area contributed by atoms with Gasteiger partial charge < -0.3 is 15.0 Å². The number of nitrogens with zero attached hydrogens (tertiary/aromatic N) is 1.